The van der Waals surface area contributed by atoms with Crippen LogP contribution in [0.5, 0.6) is 0 Å². The van der Waals surface area contributed by atoms with Crippen LogP contribution in [0.25, 0.3) is 0 Å². The lowest BCUT2D eigenvalue weighted by atomic mass is 10.1. The largest absolute Gasteiger partial charge is 0.296 e. The number of alkyl halides is 1. The van der Waals surface area contributed by atoms with E-state index in [-0.39, 0.29) is 5.54 Å². The summed E-state index contributed by atoms with van der Waals surface area (Å²) in [5.74, 6) is 0. The molecule has 3 heteroatoms. The molecular weight excluding hydrogens is 318 g/mol. The van der Waals surface area contributed by atoms with Crippen LogP contribution in [-0.4, -0.2) is 22.8 Å². The minimum absolute atomic E-state index is 0.188. The van der Waals surface area contributed by atoms with Gasteiger partial charge in [0.2, 0.25) is 0 Å². The average Bonchev–Trinajstić information content (AvgIpc) is 2.21. The number of halogens is 2. The van der Waals surface area contributed by atoms with Gasteiger partial charge in [-0.15, -0.1) is 0 Å². The zero-order chi connectivity index (χ0) is 11.5. The molecule has 0 atom stereocenters. The molecule has 0 unspecified atom stereocenters. The van der Waals surface area contributed by atoms with Crippen molar-refractivity contribution in [3.05, 3.63) is 34.3 Å². The topological polar surface area (TPSA) is 3.24 Å². The number of hydrogen-bond donors (Lipinski definition) is 0. The van der Waals surface area contributed by atoms with Crippen molar-refractivity contribution in [1.29, 1.82) is 0 Å². The van der Waals surface area contributed by atoms with Crippen molar-refractivity contribution in [3.63, 3.8) is 0 Å². The maximum atomic E-state index is 3.55. The molecule has 0 spiro atoms. The molecule has 1 aromatic carbocycles. The van der Waals surface area contributed by atoms with E-state index in [2.05, 4.69) is 81.9 Å². The Balaban J connectivity index is 2.66. The molecular formula is C12H17Br2N. The second-order valence-electron chi connectivity index (χ2n) is 4.43. The third-order valence-corrected chi connectivity index (χ3v) is 4.59. The van der Waals surface area contributed by atoms with Gasteiger partial charge < -0.3 is 0 Å². The summed E-state index contributed by atoms with van der Waals surface area (Å²) in [6.07, 6.45) is 0. The Bertz CT molecular complexity index is 306. The Morgan fingerprint density at radius 2 is 1.73 bits per heavy atom. The van der Waals surface area contributed by atoms with Crippen LogP contribution < -0.4 is 0 Å². The van der Waals surface area contributed by atoms with Crippen LogP contribution >= 0.6 is 31.9 Å². The fourth-order valence-electron chi connectivity index (χ4n) is 1.18. The summed E-state index contributed by atoms with van der Waals surface area (Å²) in [5.41, 5.74) is 1.53. The van der Waals surface area contributed by atoms with Gasteiger partial charge in [-0.1, -0.05) is 44.0 Å². The predicted molar refractivity (Wildman–Crippen MR) is 73.5 cm³/mol. The monoisotopic (exact) mass is 333 g/mol. The number of benzene rings is 1. The highest BCUT2D eigenvalue weighted by molar-refractivity contribution is 9.10. The van der Waals surface area contributed by atoms with Crippen LogP contribution in [-0.2, 0) is 6.54 Å². The van der Waals surface area contributed by atoms with E-state index < -0.39 is 0 Å². The summed E-state index contributed by atoms with van der Waals surface area (Å²) in [6, 6.07) is 8.49. The molecule has 0 saturated carbocycles. The van der Waals surface area contributed by atoms with Gasteiger partial charge in [-0.25, -0.2) is 0 Å². The van der Waals surface area contributed by atoms with Gasteiger partial charge in [-0.3, -0.25) is 4.90 Å². The van der Waals surface area contributed by atoms with Crippen molar-refractivity contribution in [1.82, 2.24) is 4.90 Å². The van der Waals surface area contributed by atoms with Crippen molar-refractivity contribution < 1.29 is 0 Å². The van der Waals surface area contributed by atoms with Crippen LogP contribution in [0.1, 0.15) is 19.4 Å². The van der Waals surface area contributed by atoms with Gasteiger partial charge in [-0.2, -0.15) is 0 Å². The maximum Gasteiger partial charge on any atom is 0.0250 e. The zero-order valence-electron chi connectivity index (χ0n) is 9.43. The molecule has 0 aromatic heterocycles. The van der Waals surface area contributed by atoms with E-state index in [0.29, 0.717) is 0 Å². The van der Waals surface area contributed by atoms with Crippen molar-refractivity contribution in [2.75, 3.05) is 12.4 Å². The fourth-order valence-corrected chi connectivity index (χ4v) is 1.87. The Hall–Kier alpha value is 0.140. The van der Waals surface area contributed by atoms with Gasteiger partial charge in [0.15, 0.2) is 0 Å². The Morgan fingerprint density at radius 3 is 2.20 bits per heavy atom. The van der Waals surface area contributed by atoms with E-state index in [1.807, 2.05) is 0 Å². The van der Waals surface area contributed by atoms with Gasteiger partial charge >= 0.3 is 0 Å². The molecule has 0 fully saturated rings. The first-order valence-corrected chi connectivity index (χ1v) is 6.89. The van der Waals surface area contributed by atoms with Crippen LogP contribution in [0.4, 0.5) is 0 Å². The van der Waals surface area contributed by atoms with Crippen molar-refractivity contribution in [3.8, 4) is 0 Å². The lowest BCUT2D eigenvalue weighted by Gasteiger charge is -2.34. The van der Waals surface area contributed by atoms with Gasteiger partial charge in [-0.05, 0) is 38.6 Å². The van der Waals surface area contributed by atoms with Gasteiger partial charge in [0.25, 0.3) is 0 Å². The van der Waals surface area contributed by atoms with E-state index in [9.17, 15) is 0 Å². The molecule has 1 nitrogen and oxygen atoms in total. The molecule has 0 radical (unpaired) electrons. The molecule has 1 aromatic rings. The van der Waals surface area contributed by atoms with E-state index in [1.54, 1.807) is 0 Å². The summed E-state index contributed by atoms with van der Waals surface area (Å²) >= 11 is 6.99. The van der Waals surface area contributed by atoms with Crippen LogP contribution in [0.3, 0.4) is 0 Å². The van der Waals surface area contributed by atoms with Crippen LogP contribution in [0.2, 0.25) is 0 Å². The average molecular weight is 335 g/mol. The van der Waals surface area contributed by atoms with E-state index in [4.69, 9.17) is 0 Å². The second-order valence-corrected chi connectivity index (χ2v) is 5.91. The molecule has 0 aliphatic rings. The number of nitrogens with zero attached hydrogens (tertiary/aromatic N) is 1. The third-order valence-electron chi connectivity index (χ3n) is 2.69. The minimum Gasteiger partial charge on any atom is -0.296 e. The van der Waals surface area contributed by atoms with Crippen molar-refractivity contribution in [2.45, 2.75) is 25.9 Å². The normalized spacial score (nSPS) is 12.1. The van der Waals surface area contributed by atoms with Gasteiger partial charge in [0.05, 0.1) is 0 Å². The molecule has 0 saturated heterocycles. The molecule has 0 bridgehead atoms. The first-order chi connectivity index (χ1) is 6.95. The highest BCUT2D eigenvalue weighted by Crippen LogP contribution is 2.19. The number of rotatable bonds is 4. The molecule has 84 valence electrons. The van der Waals surface area contributed by atoms with Gasteiger partial charge in [0.1, 0.15) is 0 Å². The summed E-state index contributed by atoms with van der Waals surface area (Å²) < 4.78 is 1.13. The highest BCUT2D eigenvalue weighted by Gasteiger charge is 2.21. The molecule has 1 rings (SSSR count). The Kier molecular flexibility index (Phi) is 4.81. The first-order valence-electron chi connectivity index (χ1n) is 4.97. The summed E-state index contributed by atoms with van der Waals surface area (Å²) in [4.78, 5) is 2.35. The molecule has 15 heavy (non-hydrogen) atoms. The standard InChI is InChI=1S/C12H17Br2N/c1-12(2,9-13)15(3)8-10-4-6-11(14)7-5-10/h4-7H,8-9H2,1-3H3. The summed E-state index contributed by atoms with van der Waals surface area (Å²) in [6.45, 7) is 5.45. The molecule has 0 amide bonds. The Morgan fingerprint density at radius 1 is 1.20 bits per heavy atom. The highest BCUT2D eigenvalue weighted by atomic mass is 79.9. The van der Waals surface area contributed by atoms with Crippen LogP contribution in [0, 0.1) is 0 Å². The maximum absolute atomic E-state index is 3.55. The molecule has 0 aliphatic heterocycles. The smallest absolute Gasteiger partial charge is 0.0250 e. The van der Waals surface area contributed by atoms with Crippen molar-refractivity contribution >= 4 is 31.9 Å². The van der Waals surface area contributed by atoms with Crippen LogP contribution in [0.15, 0.2) is 28.7 Å². The SMILES string of the molecule is CN(Cc1ccc(Br)cc1)C(C)(C)CBr. The number of hydrogen-bond acceptors (Lipinski definition) is 1. The molecule has 0 heterocycles. The lowest BCUT2D eigenvalue weighted by molar-refractivity contribution is 0.173. The predicted octanol–water partition coefficient (Wildman–Crippen LogP) is 4.05. The quantitative estimate of drug-likeness (QED) is 0.751. The second kappa shape index (κ2) is 5.46. The lowest BCUT2D eigenvalue weighted by Crippen LogP contribution is -2.41. The summed E-state index contributed by atoms with van der Waals surface area (Å²) in [7, 11) is 2.16. The Labute approximate surface area is 109 Å². The zero-order valence-corrected chi connectivity index (χ0v) is 12.6. The van der Waals surface area contributed by atoms with Gasteiger partial charge in [0, 0.05) is 21.9 Å². The minimum atomic E-state index is 0.188. The van der Waals surface area contributed by atoms with E-state index in [1.165, 1.54) is 5.56 Å². The van der Waals surface area contributed by atoms with Crippen molar-refractivity contribution in [2.24, 2.45) is 0 Å². The van der Waals surface area contributed by atoms with E-state index >= 15 is 0 Å². The summed E-state index contributed by atoms with van der Waals surface area (Å²) in [5, 5.41) is 0.979. The third kappa shape index (κ3) is 3.89. The molecule has 0 aliphatic carbocycles. The molecule has 0 N–H and O–H groups in total. The van der Waals surface area contributed by atoms with E-state index in [0.717, 1.165) is 16.3 Å². The first kappa shape index (κ1) is 13.2. The fraction of sp³-hybridized carbons (Fsp3) is 0.500.